The van der Waals surface area contributed by atoms with Gasteiger partial charge in [0.25, 0.3) is 5.56 Å². The summed E-state index contributed by atoms with van der Waals surface area (Å²) >= 11 is 3.18. The number of cyclic esters (lactones) is 1. The number of benzene rings is 1. The maximum atomic E-state index is 13.9. The molecule has 2 aromatic heterocycles. The van der Waals surface area contributed by atoms with Gasteiger partial charge in [0, 0.05) is 57.8 Å². The topological polar surface area (TPSA) is 197 Å². The number of esters is 2. The largest absolute Gasteiger partial charge is 0.481 e. The highest BCUT2D eigenvalue weighted by Gasteiger charge is 2.50. The molecule has 0 bridgehead atoms. The zero-order valence-corrected chi connectivity index (χ0v) is 34.5. The number of thioether (sulfide) groups is 2. The van der Waals surface area contributed by atoms with Crippen molar-refractivity contribution in [2.75, 3.05) is 31.3 Å². The standard InChI is InChI=1S/C42H49N3O11S2/c1-4-25(40(51)52)22-57-34-10-11-35(34)58-23-28(17-29(47)13-15-54-14-12-24(3)46)38(49)43-19-36(48)56-42(5-2)31-18-33-37-27(16-26-8-6-7-9-32(26)44-37)20-45(33)39(50)30(31)21-55-41(42)53/h6-9,16,18,25,28,34-35H,4-5,10-15,17,19-23H2,1-3H3,(H,43,49)(H,51,52)/t25?,28?,34?,35?,42-/m0/s1. The number of hydrogen-bond donors (Lipinski definition) is 2. The highest BCUT2D eigenvalue weighted by atomic mass is 32.2. The molecule has 3 aromatic rings. The second-order valence-electron chi connectivity index (χ2n) is 15.0. The summed E-state index contributed by atoms with van der Waals surface area (Å²) in [5, 5.41) is 13.4. The van der Waals surface area contributed by atoms with Gasteiger partial charge < -0.3 is 29.2 Å². The van der Waals surface area contributed by atoms with Crippen molar-refractivity contribution in [3.8, 4) is 11.4 Å². The Hall–Kier alpha value is -4.54. The third kappa shape index (κ3) is 9.50. The van der Waals surface area contributed by atoms with Crippen molar-refractivity contribution in [1.82, 2.24) is 14.9 Å². The third-order valence-corrected chi connectivity index (χ3v) is 14.4. The highest BCUT2D eigenvalue weighted by Crippen LogP contribution is 2.43. The molecule has 5 atom stereocenters. The number of para-hydroxylation sites is 1. The van der Waals surface area contributed by atoms with Crippen molar-refractivity contribution in [1.29, 1.82) is 0 Å². The molecule has 1 fully saturated rings. The Bertz CT molecular complexity index is 2160. The fraction of sp³-hybridized carbons (Fsp3) is 0.524. The Balaban J connectivity index is 1.14. The smallest absolute Gasteiger partial charge is 0.355 e. The number of ether oxygens (including phenoxy) is 3. The first-order valence-corrected chi connectivity index (χ1v) is 21.8. The van der Waals surface area contributed by atoms with Gasteiger partial charge in [-0.25, -0.2) is 9.78 Å². The van der Waals surface area contributed by atoms with E-state index in [9.17, 15) is 38.7 Å². The number of carbonyl (C=O) groups excluding carboxylic acids is 5. The van der Waals surface area contributed by atoms with Crippen LogP contribution in [0, 0.1) is 11.8 Å². The van der Waals surface area contributed by atoms with E-state index in [0.29, 0.717) is 23.6 Å². The molecule has 0 spiro atoms. The summed E-state index contributed by atoms with van der Waals surface area (Å²) in [6.45, 7) is 4.64. The van der Waals surface area contributed by atoms with Gasteiger partial charge >= 0.3 is 17.9 Å². The number of rotatable bonds is 21. The predicted octanol–water partition coefficient (Wildman–Crippen LogP) is 4.82. The molecule has 1 saturated carbocycles. The maximum Gasteiger partial charge on any atom is 0.355 e. The molecule has 16 heteroatoms. The van der Waals surface area contributed by atoms with E-state index >= 15 is 0 Å². The van der Waals surface area contributed by atoms with Crippen molar-refractivity contribution in [2.45, 2.75) is 95.0 Å². The van der Waals surface area contributed by atoms with E-state index in [1.165, 1.54) is 6.92 Å². The summed E-state index contributed by atoms with van der Waals surface area (Å²) in [7, 11) is 0. The summed E-state index contributed by atoms with van der Waals surface area (Å²) in [6.07, 6.45) is 2.49. The van der Waals surface area contributed by atoms with Crippen LogP contribution in [-0.4, -0.2) is 91.8 Å². The van der Waals surface area contributed by atoms with E-state index in [1.54, 1.807) is 41.1 Å². The predicted molar refractivity (Wildman–Crippen MR) is 218 cm³/mol. The number of Topliss-reactive ketones (excluding diaryl/α,β-unsaturated/α-hetero) is 2. The molecule has 1 amide bonds. The van der Waals surface area contributed by atoms with Crippen LogP contribution in [-0.2, 0) is 61.7 Å². The van der Waals surface area contributed by atoms with Gasteiger partial charge in [0.2, 0.25) is 11.5 Å². The molecule has 0 saturated heterocycles. The lowest BCUT2D eigenvalue weighted by Crippen LogP contribution is -2.49. The lowest BCUT2D eigenvalue weighted by Gasteiger charge is -2.37. The molecule has 2 aliphatic heterocycles. The third-order valence-electron chi connectivity index (χ3n) is 11.1. The van der Waals surface area contributed by atoms with Crippen molar-refractivity contribution in [3.63, 3.8) is 0 Å². The second-order valence-corrected chi connectivity index (χ2v) is 17.5. The number of nitrogens with one attached hydrogen (secondary N) is 1. The van der Waals surface area contributed by atoms with Crippen LogP contribution in [0.1, 0.15) is 82.4 Å². The quantitative estimate of drug-likeness (QED) is 0.0856. The van der Waals surface area contributed by atoms with Gasteiger partial charge in [0.05, 0.1) is 54.1 Å². The molecule has 1 aliphatic carbocycles. The second kappa shape index (κ2) is 19.0. The molecule has 6 rings (SSSR count). The molecule has 14 nitrogen and oxygen atoms in total. The van der Waals surface area contributed by atoms with Crippen LogP contribution in [0.2, 0.25) is 0 Å². The Morgan fingerprint density at radius 1 is 1.02 bits per heavy atom. The summed E-state index contributed by atoms with van der Waals surface area (Å²) in [6, 6.07) is 11.3. The lowest BCUT2D eigenvalue weighted by atomic mass is 9.85. The minimum Gasteiger partial charge on any atom is -0.481 e. The molecular weight excluding hydrogens is 787 g/mol. The van der Waals surface area contributed by atoms with Gasteiger partial charge in [0.15, 0.2) is 0 Å². The number of nitrogens with zero attached hydrogens (tertiary/aromatic N) is 2. The minimum absolute atomic E-state index is 0.0248. The number of fused-ring (bicyclic) bond motifs is 5. The summed E-state index contributed by atoms with van der Waals surface area (Å²) in [5.41, 5.74) is 0.761. The number of aromatic nitrogens is 2. The maximum absolute atomic E-state index is 13.9. The first-order chi connectivity index (χ1) is 27.8. The SMILES string of the molecule is CCC(CSC1CCC1SCC(CC(=O)CCOCCC(C)=O)C(=O)NCC(=O)O[C@]1(CC)C(=O)OCc2c1cc1n(c2=O)Cc2cc3ccccc3nc2-1)C(=O)O. The first-order valence-electron chi connectivity index (χ1n) is 19.7. The van der Waals surface area contributed by atoms with Crippen molar-refractivity contribution in [3.05, 3.63) is 63.4 Å². The van der Waals surface area contributed by atoms with Gasteiger partial charge in [-0.1, -0.05) is 32.0 Å². The Morgan fingerprint density at radius 3 is 2.40 bits per heavy atom. The highest BCUT2D eigenvalue weighted by molar-refractivity contribution is 8.04. The molecule has 58 heavy (non-hydrogen) atoms. The average Bonchev–Trinajstić information content (AvgIpc) is 3.55. The van der Waals surface area contributed by atoms with Crippen molar-refractivity contribution >= 4 is 69.8 Å². The number of ketones is 2. The van der Waals surface area contributed by atoms with Crippen LogP contribution in [0.3, 0.4) is 0 Å². The normalized spacial score (nSPS) is 20.2. The summed E-state index contributed by atoms with van der Waals surface area (Å²) in [4.78, 5) is 95.3. The van der Waals surface area contributed by atoms with E-state index in [1.807, 2.05) is 37.3 Å². The molecule has 310 valence electrons. The van der Waals surface area contributed by atoms with Gasteiger partial charge in [-0.2, -0.15) is 23.5 Å². The van der Waals surface area contributed by atoms with Crippen molar-refractivity contribution in [2.24, 2.45) is 11.8 Å². The monoisotopic (exact) mass is 835 g/mol. The van der Waals surface area contributed by atoms with Crippen LogP contribution in [0.4, 0.5) is 0 Å². The molecule has 3 aliphatic rings. The average molecular weight is 836 g/mol. The number of aliphatic carboxylic acids is 1. The molecular formula is C42H49N3O11S2. The van der Waals surface area contributed by atoms with Crippen LogP contribution >= 0.6 is 23.5 Å². The van der Waals surface area contributed by atoms with Crippen molar-refractivity contribution < 1.29 is 48.1 Å². The molecule has 4 unspecified atom stereocenters. The minimum atomic E-state index is -1.95. The van der Waals surface area contributed by atoms with Crippen LogP contribution in [0.15, 0.2) is 41.2 Å². The number of carbonyl (C=O) groups is 6. The van der Waals surface area contributed by atoms with Gasteiger partial charge in [0.1, 0.15) is 24.7 Å². The van der Waals surface area contributed by atoms with E-state index < -0.39 is 47.8 Å². The summed E-state index contributed by atoms with van der Waals surface area (Å²) < 4.78 is 18.4. The Morgan fingerprint density at radius 2 is 1.72 bits per heavy atom. The Labute approximate surface area is 344 Å². The number of amides is 1. The van der Waals surface area contributed by atoms with Gasteiger partial charge in [-0.3, -0.25) is 28.8 Å². The fourth-order valence-corrected chi connectivity index (χ4v) is 10.8. The van der Waals surface area contributed by atoms with Gasteiger partial charge in [-0.15, -0.1) is 0 Å². The summed E-state index contributed by atoms with van der Waals surface area (Å²) in [5.74, 6) is -3.81. The lowest BCUT2D eigenvalue weighted by molar-refractivity contribution is -0.189. The molecule has 2 N–H and O–H groups in total. The van der Waals surface area contributed by atoms with Crippen LogP contribution in [0.5, 0.6) is 0 Å². The zero-order valence-electron chi connectivity index (χ0n) is 32.9. The molecule has 0 radical (unpaired) electrons. The van der Waals surface area contributed by atoms with Crippen LogP contribution in [0.25, 0.3) is 22.3 Å². The van der Waals surface area contributed by atoms with Gasteiger partial charge in [-0.05, 0) is 50.8 Å². The first kappa shape index (κ1) is 43.0. The number of pyridine rings is 2. The number of carboxylic acids is 1. The number of hydrogen-bond acceptors (Lipinski definition) is 13. The number of carboxylic acid groups (broad SMARTS) is 1. The van der Waals surface area contributed by atoms with E-state index in [-0.39, 0.29) is 96.6 Å². The molecule has 4 heterocycles. The fourth-order valence-electron chi connectivity index (χ4n) is 7.39. The van der Waals surface area contributed by atoms with E-state index in [0.717, 1.165) is 29.3 Å². The zero-order chi connectivity index (χ0) is 41.6. The molecule has 1 aromatic carbocycles. The Kier molecular flexibility index (Phi) is 14.1. The van der Waals surface area contributed by atoms with E-state index in [4.69, 9.17) is 19.2 Å². The van der Waals surface area contributed by atoms with E-state index in [2.05, 4.69) is 5.32 Å². The van der Waals surface area contributed by atoms with Crippen LogP contribution < -0.4 is 10.9 Å².